The van der Waals surface area contributed by atoms with Crippen LogP contribution in [0.25, 0.3) is 0 Å². The average molecular weight is 269 g/mol. The van der Waals surface area contributed by atoms with Crippen molar-refractivity contribution in [3.05, 3.63) is 29.3 Å². The van der Waals surface area contributed by atoms with Crippen molar-refractivity contribution in [2.75, 3.05) is 25.7 Å². The van der Waals surface area contributed by atoms with E-state index >= 15 is 0 Å². The van der Waals surface area contributed by atoms with Crippen molar-refractivity contribution in [1.29, 1.82) is 0 Å². The lowest BCUT2D eigenvalue weighted by Gasteiger charge is -2.11. The normalized spacial score (nSPS) is 18.7. The Balaban J connectivity index is 2.00. The molecule has 0 spiro atoms. The second kappa shape index (κ2) is 5.28. The van der Waals surface area contributed by atoms with Gasteiger partial charge in [0.25, 0.3) is 0 Å². The van der Waals surface area contributed by atoms with Gasteiger partial charge in [-0.15, -0.1) is 0 Å². The molecular formula is C13H19NO3S. The molecule has 1 aromatic carbocycles. The van der Waals surface area contributed by atoms with Crippen LogP contribution in [0.15, 0.2) is 18.2 Å². The van der Waals surface area contributed by atoms with Crippen molar-refractivity contribution >= 4 is 9.84 Å². The molecule has 2 rings (SSSR count). The lowest BCUT2D eigenvalue weighted by molar-refractivity contribution is 0.341. The molecule has 1 aromatic rings. The minimum absolute atomic E-state index is 0.0588. The molecule has 1 aliphatic rings. The predicted octanol–water partition coefficient (Wildman–Crippen LogP) is 1.32. The zero-order chi connectivity index (χ0) is 13.2. The first kappa shape index (κ1) is 13.4. The van der Waals surface area contributed by atoms with E-state index in [0.29, 0.717) is 6.04 Å². The van der Waals surface area contributed by atoms with Crippen molar-refractivity contribution < 1.29 is 13.2 Å². The summed E-state index contributed by atoms with van der Waals surface area (Å²) in [4.78, 5) is 0. The summed E-state index contributed by atoms with van der Waals surface area (Å²) in [6, 6.07) is 6.44. The summed E-state index contributed by atoms with van der Waals surface area (Å²) in [6.45, 7) is 0.215. The van der Waals surface area contributed by atoms with E-state index in [2.05, 4.69) is 11.4 Å². The highest BCUT2D eigenvalue weighted by atomic mass is 32.2. The van der Waals surface area contributed by atoms with Gasteiger partial charge in [-0.1, -0.05) is 6.07 Å². The summed E-state index contributed by atoms with van der Waals surface area (Å²) < 4.78 is 27.5. The number of hydrogen-bond donors (Lipinski definition) is 1. The zero-order valence-electron chi connectivity index (χ0n) is 10.8. The van der Waals surface area contributed by atoms with E-state index in [1.165, 1.54) is 17.4 Å². The molecule has 0 aromatic heterocycles. The Morgan fingerprint density at radius 1 is 1.44 bits per heavy atom. The molecule has 0 bridgehead atoms. The van der Waals surface area contributed by atoms with Crippen LogP contribution >= 0.6 is 0 Å². The number of sulfone groups is 1. The Labute approximate surface area is 108 Å². The van der Waals surface area contributed by atoms with Gasteiger partial charge in [-0.25, -0.2) is 8.42 Å². The summed E-state index contributed by atoms with van der Waals surface area (Å²) in [5.74, 6) is 0.817. The van der Waals surface area contributed by atoms with E-state index in [0.717, 1.165) is 18.6 Å². The van der Waals surface area contributed by atoms with Gasteiger partial charge in [0.15, 0.2) is 9.84 Å². The first-order valence-electron chi connectivity index (χ1n) is 6.10. The minimum atomic E-state index is -2.95. The standard InChI is InChI=1S/C13H19NO3S/c1-14-13-6-3-10-9-11(4-5-12(10)13)17-7-8-18(2,15)16/h4-5,9,13-14H,3,6-8H2,1-2H3. The molecule has 4 nitrogen and oxygen atoms in total. The zero-order valence-corrected chi connectivity index (χ0v) is 11.6. The highest BCUT2D eigenvalue weighted by Gasteiger charge is 2.21. The number of ether oxygens (including phenoxy) is 1. The van der Waals surface area contributed by atoms with Crippen LogP contribution in [0.3, 0.4) is 0 Å². The molecule has 0 saturated carbocycles. The van der Waals surface area contributed by atoms with Gasteiger partial charge in [-0.3, -0.25) is 0 Å². The number of benzene rings is 1. The van der Waals surface area contributed by atoms with Gasteiger partial charge in [0, 0.05) is 12.3 Å². The SMILES string of the molecule is CNC1CCc2cc(OCCS(C)(=O)=O)ccc21. The molecule has 1 atom stereocenters. The third-order valence-corrected chi connectivity index (χ3v) is 4.17. The average Bonchev–Trinajstić information content (AvgIpc) is 2.69. The summed E-state index contributed by atoms with van der Waals surface area (Å²) in [5.41, 5.74) is 2.62. The van der Waals surface area contributed by atoms with Crippen LogP contribution in [0.4, 0.5) is 0 Å². The van der Waals surface area contributed by atoms with Crippen molar-refractivity contribution in [3.63, 3.8) is 0 Å². The molecule has 0 fully saturated rings. The van der Waals surface area contributed by atoms with Crippen LogP contribution in [-0.4, -0.2) is 34.1 Å². The van der Waals surface area contributed by atoms with E-state index in [1.807, 2.05) is 19.2 Å². The summed E-state index contributed by atoms with van der Waals surface area (Å²) in [7, 11) is -0.985. The quantitative estimate of drug-likeness (QED) is 0.876. The van der Waals surface area contributed by atoms with E-state index in [9.17, 15) is 8.42 Å². The molecule has 1 aliphatic carbocycles. The van der Waals surface area contributed by atoms with Crippen LogP contribution in [0.1, 0.15) is 23.6 Å². The fourth-order valence-electron chi connectivity index (χ4n) is 2.29. The fourth-order valence-corrected chi connectivity index (χ4v) is 2.68. The van der Waals surface area contributed by atoms with Crippen LogP contribution in [-0.2, 0) is 16.3 Å². The molecule has 100 valence electrons. The van der Waals surface area contributed by atoms with Gasteiger partial charge >= 0.3 is 0 Å². The van der Waals surface area contributed by atoms with Crippen LogP contribution in [0.5, 0.6) is 5.75 Å². The van der Waals surface area contributed by atoms with Crippen molar-refractivity contribution in [3.8, 4) is 5.75 Å². The van der Waals surface area contributed by atoms with Gasteiger partial charge in [-0.2, -0.15) is 0 Å². The summed E-state index contributed by atoms with van der Waals surface area (Å²) in [5, 5.41) is 3.28. The monoisotopic (exact) mass is 269 g/mol. The van der Waals surface area contributed by atoms with Crippen LogP contribution in [0, 0.1) is 0 Å². The minimum Gasteiger partial charge on any atom is -0.493 e. The second-order valence-electron chi connectivity index (χ2n) is 4.72. The lowest BCUT2D eigenvalue weighted by Crippen LogP contribution is -2.13. The molecular weight excluding hydrogens is 250 g/mol. The van der Waals surface area contributed by atoms with Gasteiger partial charge in [0.05, 0.1) is 5.75 Å². The van der Waals surface area contributed by atoms with Crippen molar-refractivity contribution in [2.24, 2.45) is 0 Å². The molecule has 18 heavy (non-hydrogen) atoms. The van der Waals surface area contributed by atoms with Gasteiger partial charge in [-0.05, 0) is 43.1 Å². The highest BCUT2D eigenvalue weighted by molar-refractivity contribution is 7.90. The first-order chi connectivity index (χ1) is 8.49. The van der Waals surface area contributed by atoms with Crippen LogP contribution in [0.2, 0.25) is 0 Å². The van der Waals surface area contributed by atoms with Gasteiger partial charge in [0.2, 0.25) is 0 Å². The smallest absolute Gasteiger partial charge is 0.150 e. The largest absolute Gasteiger partial charge is 0.493 e. The Bertz CT molecular complexity index is 525. The maximum atomic E-state index is 11.0. The second-order valence-corrected chi connectivity index (χ2v) is 6.98. The van der Waals surface area contributed by atoms with E-state index in [1.54, 1.807) is 0 Å². The lowest BCUT2D eigenvalue weighted by atomic mass is 10.1. The Morgan fingerprint density at radius 3 is 2.89 bits per heavy atom. The molecule has 0 saturated heterocycles. The number of nitrogens with one attached hydrogen (secondary N) is 1. The van der Waals surface area contributed by atoms with E-state index < -0.39 is 9.84 Å². The summed E-state index contributed by atoms with van der Waals surface area (Å²) in [6.07, 6.45) is 3.37. The van der Waals surface area contributed by atoms with E-state index in [-0.39, 0.29) is 12.4 Å². The highest BCUT2D eigenvalue weighted by Crippen LogP contribution is 2.33. The van der Waals surface area contributed by atoms with Crippen molar-refractivity contribution in [1.82, 2.24) is 5.32 Å². The van der Waals surface area contributed by atoms with Gasteiger partial charge < -0.3 is 10.1 Å². The predicted molar refractivity (Wildman–Crippen MR) is 71.8 cm³/mol. The van der Waals surface area contributed by atoms with E-state index in [4.69, 9.17) is 4.74 Å². The van der Waals surface area contributed by atoms with Crippen LogP contribution < -0.4 is 10.1 Å². The number of fused-ring (bicyclic) bond motifs is 1. The number of hydrogen-bond acceptors (Lipinski definition) is 4. The maximum absolute atomic E-state index is 11.0. The Kier molecular flexibility index (Phi) is 3.92. The molecule has 5 heteroatoms. The Hall–Kier alpha value is -1.07. The topological polar surface area (TPSA) is 55.4 Å². The molecule has 0 heterocycles. The number of rotatable bonds is 5. The molecule has 1 N–H and O–H groups in total. The summed E-state index contributed by atoms with van der Waals surface area (Å²) >= 11 is 0. The third kappa shape index (κ3) is 3.23. The molecule has 0 aliphatic heterocycles. The molecule has 1 unspecified atom stereocenters. The maximum Gasteiger partial charge on any atom is 0.150 e. The Morgan fingerprint density at radius 2 is 2.22 bits per heavy atom. The number of aryl methyl sites for hydroxylation is 1. The van der Waals surface area contributed by atoms with Crippen molar-refractivity contribution in [2.45, 2.75) is 18.9 Å². The molecule has 0 radical (unpaired) electrons. The fraction of sp³-hybridized carbons (Fsp3) is 0.538. The third-order valence-electron chi connectivity index (χ3n) is 3.26. The van der Waals surface area contributed by atoms with Gasteiger partial charge in [0.1, 0.15) is 12.4 Å². The first-order valence-corrected chi connectivity index (χ1v) is 8.16. The molecule has 0 amide bonds.